The summed E-state index contributed by atoms with van der Waals surface area (Å²) in [5, 5.41) is 4.55. The first-order valence-corrected chi connectivity index (χ1v) is 7.77. The molecule has 23 heavy (non-hydrogen) atoms. The highest BCUT2D eigenvalue weighted by Gasteiger charge is 2.38. The number of carbonyl (C=O) groups excluding carboxylic acids is 2. The third-order valence-electron chi connectivity index (χ3n) is 3.44. The zero-order chi connectivity index (χ0) is 16.6. The molecule has 1 aliphatic rings. The molecular weight excluding hydrogens is 322 g/mol. The number of amides is 2. The van der Waals surface area contributed by atoms with Crippen molar-refractivity contribution in [3.8, 4) is 0 Å². The van der Waals surface area contributed by atoms with E-state index < -0.39 is 23.4 Å². The number of rotatable bonds is 4. The summed E-state index contributed by atoms with van der Waals surface area (Å²) in [7, 11) is 0. The van der Waals surface area contributed by atoms with Gasteiger partial charge in [0.1, 0.15) is 5.70 Å². The van der Waals surface area contributed by atoms with E-state index in [2.05, 4.69) is 5.32 Å². The van der Waals surface area contributed by atoms with Crippen molar-refractivity contribution in [3.63, 3.8) is 0 Å². The minimum absolute atomic E-state index is 0.0744. The van der Waals surface area contributed by atoms with Crippen molar-refractivity contribution in [1.82, 2.24) is 4.90 Å². The molecule has 7 heteroatoms. The molecule has 1 aromatic heterocycles. The van der Waals surface area contributed by atoms with Crippen molar-refractivity contribution in [2.75, 3.05) is 11.9 Å². The summed E-state index contributed by atoms with van der Waals surface area (Å²) in [6.07, 6.45) is 0. The quantitative estimate of drug-likeness (QED) is 0.874. The van der Waals surface area contributed by atoms with E-state index in [0.29, 0.717) is 4.88 Å². The Morgan fingerprint density at radius 2 is 1.91 bits per heavy atom. The number of halogens is 2. The number of nitrogens with one attached hydrogen (secondary N) is 1. The van der Waals surface area contributed by atoms with Crippen LogP contribution in [0.4, 0.5) is 14.5 Å². The lowest BCUT2D eigenvalue weighted by Gasteiger charge is -2.12. The molecule has 1 aliphatic heterocycles. The Hall–Kier alpha value is -2.54. The molecule has 2 amide bonds. The van der Waals surface area contributed by atoms with E-state index in [-0.39, 0.29) is 23.5 Å². The third-order valence-corrected chi connectivity index (χ3v) is 4.33. The van der Waals surface area contributed by atoms with E-state index in [1.165, 1.54) is 17.4 Å². The first-order chi connectivity index (χ1) is 11.0. The lowest BCUT2D eigenvalue weighted by atomic mass is 10.2. The number of likely N-dealkylation sites (N-methyl/N-ethyl adjacent to an activating group) is 1. The summed E-state index contributed by atoms with van der Waals surface area (Å²) in [6, 6.07) is 6.72. The number of anilines is 1. The highest BCUT2D eigenvalue weighted by Crippen LogP contribution is 2.32. The van der Waals surface area contributed by atoms with Gasteiger partial charge in [-0.25, -0.2) is 8.78 Å². The minimum atomic E-state index is -1.03. The summed E-state index contributed by atoms with van der Waals surface area (Å²) in [6.45, 7) is 1.93. The van der Waals surface area contributed by atoms with Crippen LogP contribution in [0.5, 0.6) is 0 Å². The van der Waals surface area contributed by atoms with Crippen LogP contribution in [0.3, 0.4) is 0 Å². The van der Waals surface area contributed by atoms with Crippen molar-refractivity contribution in [3.05, 3.63) is 57.9 Å². The SMILES string of the molecule is CCN1C(=O)C(Nc2ccc(F)c(F)c2)=C(c2cccs2)C1=O. The van der Waals surface area contributed by atoms with Crippen LogP contribution in [0.2, 0.25) is 0 Å². The normalized spacial score (nSPS) is 14.8. The lowest BCUT2D eigenvalue weighted by Crippen LogP contribution is -2.32. The van der Waals surface area contributed by atoms with Crippen LogP contribution >= 0.6 is 11.3 Å². The molecule has 2 heterocycles. The number of carbonyl (C=O) groups is 2. The number of imide groups is 1. The summed E-state index contributed by atoms with van der Waals surface area (Å²) in [4.78, 5) is 26.6. The predicted octanol–water partition coefficient (Wildman–Crippen LogP) is 3.24. The van der Waals surface area contributed by atoms with Gasteiger partial charge in [0.2, 0.25) is 0 Å². The molecule has 1 aromatic carbocycles. The average molecular weight is 334 g/mol. The number of hydrogen-bond donors (Lipinski definition) is 1. The van der Waals surface area contributed by atoms with Crippen LogP contribution in [0.1, 0.15) is 11.8 Å². The maximum atomic E-state index is 13.3. The van der Waals surface area contributed by atoms with Gasteiger partial charge in [-0.1, -0.05) is 6.07 Å². The molecule has 3 rings (SSSR count). The lowest BCUT2D eigenvalue weighted by molar-refractivity contribution is -0.136. The smallest absolute Gasteiger partial charge is 0.278 e. The zero-order valence-corrected chi connectivity index (χ0v) is 12.9. The monoisotopic (exact) mass is 334 g/mol. The fourth-order valence-corrected chi connectivity index (χ4v) is 3.11. The summed E-state index contributed by atoms with van der Waals surface area (Å²) < 4.78 is 26.4. The van der Waals surface area contributed by atoms with Gasteiger partial charge in [-0.05, 0) is 30.5 Å². The summed E-state index contributed by atoms with van der Waals surface area (Å²) >= 11 is 1.33. The maximum absolute atomic E-state index is 13.3. The van der Waals surface area contributed by atoms with Crippen LogP contribution in [0, 0.1) is 11.6 Å². The van der Waals surface area contributed by atoms with Crippen LogP contribution in [-0.4, -0.2) is 23.3 Å². The predicted molar refractivity (Wildman–Crippen MR) is 83.6 cm³/mol. The minimum Gasteiger partial charge on any atom is -0.350 e. The van der Waals surface area contributed by atoms with Crippen molar-refractivity contribution < 1.29 is 18.4 Å². The number of hydrogen-bond acceptors (Lipinski definition) is 4. The second-order valence-corrected chi connectivity index (χ2v) is 5.78. The largest absolute Gasteiger partial charge is 0.350 e. The highest BCUT2D eigenvalue weighted by molar-refractivity contribution is 7.11. The van der Waals surface area contributed by atoms with Gasteiger partial charge in [0.15, 0.2) is 11.6 Å². The van der Waals surface area contributed by atoms with Gasteiger partial charge in [0, 0.05) is 23.2 Å². The molecular formula is C16H12F2N2O2S. The Labute approximate surface area is 135 Å². The Balaban J connectivity index is 2.06. The average Bonchev–Trinajstić information content (AvgIpc) is 3.11. The van der Waals surface area contributed by atoms with Gasteiger partial charge in [-0.3, -0.25) is 14.5 Å². The summed E-state index contributed by atoms with van der Waals surface area (Å²) in [5.41, 5.74) is 0.522. The van der Waals surface area contributed by atoms with E-state index in [1.54, 1.807) is 24.4 Å². The zero-order valence-electron chi connectivity index (χ0n) is 12.1. The van der Waals surface area contributed by atoms with Gasteiger partial charge < -0.3 is 5.32 Å². The van der Waals surface area contributed by atoms with Gasteiger partial charge in [0.05, 0.1) is 5.57 Å². The van der Waals surface area contributed by atoms with E-state index in [1.807, 2.05) is 0 Å². The topological polar surface area (TPSA) is 49.4 Å². The Morgan fingerprint density at radius 1 is 1.13 bits per heavy atom. The molecule has 0 saturated heterocycles. The molecule has 0 spiro atoms. The summed E-state index contributed by atoms with van der Waals surface area (Å²) in [5.74, 6) is -2.89. The molecule has 0 bridgehead atoms. The Morgan fingerprint density at radius 3 is 2.52 bits per heavy atom. The standard InChI is InChI=1S/C16H12F2N2O2S/c1-2-20-15(21)13(12-4-3-7-23-12)14(16(20)22)19-9-5-6-10(17)11(18)8-9/h3-8,19H,2H2,1H3. The van der Waals surface area contributed by atoms with Gasteiger partial charge >= 0.3 is 0 Å². The van der Waals surface area contributed by atoms with E-state index in [9.17, 15) is 18.4 Å². The van der Waals surface area contributed by atoms with E-state index in [0.717, 1.165) is 17.0 Å². The fraction of sp³-hybridized carbons (Fsp3) is 0.125. The first-order valence-electron chi connectivity index (χ1n) is 6.89. The second-order valence-electron chi connectivity index (χ2n) is 4.84. The van der Waals surface area contributed by atoms with Gasteiger partial charge in [-0.15, -0.1) is 11.3 Å². The van der Waals surface area contributed by atoms with Crippen molar-refractivity contribution in [1.29, 1.82) is 0 Å². The molecule has 2 aromatic rings. The molecule has 0 radical (unpaired) electrons. The van der Waals surface area contributed by atoms with Crippen molar-refractivity contribution in [2.45, 2.75) is 6.92 Å². The van der Waals surface area contributed by atoms with E-state index >= 15 is 0 Å². The fourth-order valence-electron chi connectivity index (χ4n) is 2.35. The molecule has 0 fully saturated rings. The Kier molecular flexibility index (Phi) is 3.96. The number of nitrogens with zero attached hydrogens (tertiary/aromatic N) is 1. The number of benzene rings is 1. The van der Waals surface area contributed by atoms with Crippen LogP contribution in [0.15, 0.2) is 41.4 Å². The van der Waals surface area contributed by atoms with Crippen LogP contribution in [0.25, 0.3) is 5.57 Å². The van der Waals surface area contributed by atoms with Crippen LogP contribution in [-0.2, 0) is 9.59 Å². The number of thiophene rings is 1. The van der Waals surface area contributed by atoms with E-state index in [4.69, 9.17) is 0 Å². The molecule has 0 unspecified atom stereocenters. The highest BCUT2D eigenvalue weighted by atomic mass is 32.1. The molecule has 1 N–H and O–H groups in total. The first kappa shape index (κ1) is 15.4. The molecule has 0 aliphatic carbocycles. The molecule has 0 atom stereocenters. The molecule has 118 valence electrons. The maximum Gasteiger partial charge on any atom is 0.278 e. The van der Waals surface area contributed by atoms with Crippen LogP contribution < -0.4 is 5.32 Å². The van der Waals surface area contributed by atoms with Crippen molar-refractivity contribution >= 4 is 34.4 Å². The second kappa shape index (κ2) is 5.92. The van der Waals surface area contributed by atoms with Crippen molar-refractivity contribution in [2.24, 2.45) is 0 Å². The molecule has 0 saturated carbocycles. The van der Waals surface area contributed by atoms with Gasteiger partial charge in [-0.2, -0.15) is 0 Å². The third kappa shape index (κ3) is 2.63. The Bertz CT molecular complexity index is 815. The molecule has 4 nitrogen and oxygen atoms in total. The van der Waals surface area contributed by atoms with Gasteiger partial charge in [0.25, 0.3) is 11.8 Å².